The Morgan fingerprint density at radius 1 is 1.29 bits per heavy atom. The van der Waals surface area contributed by atoms with E-state index in [2.05, 4.69) is 15.0 Å². The molecule has 7 heteroatoms. The van der Waals surface area contributed by atoms with Gasteiger partial charge in [-0.2, -0.15) is 0 Å². The molecule has 0 saturated carbocycles. The first-order chi connectivity index (χ1) is 10.1. The lowest BCUT2D eigenvalue weighted by atomic mass is 10.1. The van der Waals surface area contributed by atoms with Crippen molar-refractivity contribution < 1.29 is 13.2 Å². The number of hydrogen-bond acceptors (Lipinski definition) is 4. The summed E-state index contributed by atoms with van der Waals surface area (Å²) in [6.45, 7) is 5.73. The Morgan fingerprint density at radius 3 is 2.81 bits per heavy atom. The fourth-order valence-electron chi connectivity index (χ4n) is 2.02. The summed E-state index contributed by atoms with van der Waals surface area (Å²) in [5.74, 6) is 0.267. The topological polar surface area (TPSA) is 79.8 Å². The third-order valence-electron chi connectivity index (χ3n) is 3.15. The number of nitrogens with one attached hydrogen (secondary N) is 2. The maximum Gasteiger partial charge on any atom is 0.266 e. The third-order valence-corrected chi connectivity index (χ3v) is 4.53. The number of rotatable bonds is 6. The number of aryl methyl sites for hydroxylation is 1. The molecule has 0 spiro atoms. The maximum atomic E-state index is 12.2. The van der Waals surface area contributed by atoms with Crippen LogP contribution < -0.4 is 10.0 Å². The van der Waals surface area contributed by atoms with Crippen molar-refractivity contribution in [2.24, 2.45) is 4.99 Å². The number of benzene rings is 1. The second kappa shape index (κ2) is 6.91. The molecule has 6 nitrogen and oxygen atoms in total. The second-order valence-corrected chi connectivity index (χ2v) is 6.35. The van der Waals surface area contributed by atoms with Crippen molar-refractivity contribution in [2.45, 2.75) is 31.6 Å². The lowest BCUT2D eigenvalue weighted by Gasteiger charge is -2.22. The highest BCUT2D eigenvalue weighted by molar-refractivity contribution is 7.90. The first kappa shape index (κ1) is 15.8. The Morgan fingerprint density at radius 2 is 2.10 bits per heavy atom. The Hall–Kier alpha value is -1.60. The molecule has 0 aliphatic carbocycles. The molecule has 0 amide bonds. The van der Waals surface area contributed by atoms with Crippen molar-refractivity contribution in [3.63, 3.8) is 0 Å². The molecule has 2 rings (SSSR count). The average Bonchev–Trinajstić information content (AvgIpc) is 2.46. The van der Waals surface area contributed by atoms with Gasteiger partial charge in [-0.3, -0.25) is 4.99 Å². The maximum absolute atomic E-state index is 12.2. The van der Waals surface area contributed by atoms with Crippen LogP contribution in [-0.2, 0) is 21.2 Å². The summed E-state index contributed by atoms with van der Waals surface area (Å²) in [5.41, 5.74) is 1.55. The van der Waals surface area contributed by atoms with Gasteiger partial charge in [-0.05, 0) is 37.5 Å². The van der Waals surface area contributed by atoms with E-state index in [1.165, 1.54) is 0 Å². The van der Waals surface area contributed by atoms with E-state index >= 15 is 0 Å². The van der Waals surface area contributed by atoms with E-state index in [0.29, 0.717) is 25.4 Å². The number of ether oxygens (including phenoxy) is 1. The van der Waals surface area contributed by atoms with Gasteiger partial charge in [0.15, 0.2) is 0 Å². The molecule has 2 N–H and O–H groups in total. The van der Waals surface area contributed by atoms with Crippen LogP contribution in [0.1, 0.15) is 25.8 Å². The average molecular weight is 311 g/mol. The molecule has 0 radical (unpaired) electrons. The van der Waals surface area contributed by atoms with E-state index in [1.807, 2.05) is 19.9 Å². The number of nitrogens with zero attached hydrogens (tertiary/aromatic N) is 1. The zero-order chi connectivity index (χ0) is 15.3. The predicted octanol–water partition coefficient (Wildman–Crippen LogP) is 1.74. The van der Waals surface area contributed by atoms with Gasteiger partial charge in [0, 0.05) is 19.8 Å². The van der Waals surface area contributed by atoms with Gasteiger partial charge in [-0.25, -0.2) is 13.1 Å². The number of aliphatic imine (C=N–C) groups is 1. The van der Waals surface area contributed by atoms with Gasteiger partial charge in [0.2, 0.25) is 5.96 Å². The summed E-state index contributed by atoms with van der Waals surface area (Å²) in [6, 6.07) is 5.39. The summed E-state index contributed by atoms with van der Waals surface area (Å²) < 4.78 is 32.1. The highest BCUT2D eigenvalue weighted by atomic mass is 32.2. The summed E-state index contributed by atoms with van der Waals surface area (Å²) >= 11 is 0. The molecule has 0 unspecified atom stereocenters. The van der Waals surface area contributed by atoms with E-state index in [1.54, 1.807) is 12.1 Å². The van der Waals surface area contributed by atoms with Crippen LogP contribution >= 0.6 is 0 Å². The Balaban J connectivity index is 2.12. The first-order valence-corrected chi connectivity index (χ1v) is 8.60. The predicted molar refractivity (Wildman–Crippen MR) is 83.2 cm³/mol. The minimum Gasteiger partial charge on any atom is -0.382 e. The van der Waals surface area contributed by atoms with Gasteiger partial charge in [-0.15, -0.1) is 0 Å². The molecule has 116 valence electrons. The highest BCUT2D eigenvalue weighted by Gasteiger charge is 2.26. The van der Waals surface area contributed by atoms with Gasteiger partial charge in [0.1, 0.15) is 4.90 Å². The molecule has 1 aliphatic heterocycles. The number of sulfonamides is 1. The fourth-order valence-corrected chi connectivity index (χ4v) is 3.22. The van der Waals surface area contributed by atoms with Gasteiger partial charge in [0.05, 0.1) is 5.69 Å². The monoisotopic (exact) mass is 311 g/mol. The number of hydrogen-bond donors (Lipinski definition) is 2. The van der Waals surface area contributed by atoms with Crippen LogP contribution in [-0.4, -0.2) is 34.1 Å². The number of fused-ring (bicyclic) bond motifs is 1. The van der Waals surface area contributed by atoms with E-state index < -0.39 is 10.0 Å². The first-order valence-electron chi connectivity index (χ1n) is 7.11. The number of guanidine groups is 1. The van der Waals surface area contributed by atoms with Crippen LogP contribution in [0.3, 0.4) is 0 Å². The van der Waals surface area contributed by atoms with Crippen molar-refractivity contribution in [3.8, 4) is 0 Å². The van der Waals surface area contributed by atoms with Crippen molar-refractivity contribution in [2.75, 3.05) is 25.1 Å². The smallest absolute Gasteiger partial charge is 0.266 e. The van der Waals surface area contributed by atoms with Crippen LogP contribution in [0.5, 0.6) is 0 Å². The molecule has 0 saturated heterocycles. The molecule has 21 heavy (non-hydrogen) atoms. The molecular weight excluding hydrogens is 290 g/mol. The van der Waals surface area contributed by atoms with Crippen molar-refractivity contribution in [1.82, 2.24) is 4.72 Å². The standard InChI is InChI=1S/C14H21N3O3S/c1-3-11-6-7-12-13(10-11)21(18,19)17-14(16-12)15-8-5-9-20-4-2/h6-7,10H,3-5,8-9H2,1-2H3,(H2,15,16,17). The van der Waals surface area contributed by atoms with Gasteiger partial charge in [0.25, 0.3) is 10.0 Å². The molecular formula is C14H21N3O3S. The van der Waals surface area contributed by atoms with Crippen molar-refractivity contribution >= 4 is 21.7 Å². The van der Waals surface area contributed by atoms with E-state index in [-0.39, 0.29) is 10.9 Å². The zero-order valence-corrected chi connectivity index (χ0v) is 13.2. The molecule has 0 aromatic heterocycles. The van der Waals surface area contributed by atoms with E-state index in [4.69, 9.17) is 4.74 Å². The lowest BCUT2D eigenvalue weighted by Crippen LogP contribution is -2.41. The molecule has 1 aromatic carbocycles. The number of anilines is 1. The van der Waals surface area contributed by atoms with Gasteiger partial charge in [-0.1, -0.05) is 13.0 Å². The van der Waals surface area contributed by atoms with Gasteiger partial charge >= 0.3 is 0 Å². The third kappa shape index (κ3) is 3.95. The van der Waals surface area contributed by atoms with E-state index in [9.17, 15) is 8.42 Å². The minimum absolute atomic E-state index is 0.267. The molecule has 1 aliphatic rings. The van der Waals surface area contributed by atoms with Crippen LogP contribution in [0.4, 0.5) is 5.69 Å². The molecule has 1 heterocycles. The molecule has 0 bridgehead atoms. The Labute approximate surface area is 125 Å². The summed E-state index contributed by atoms with van der Waals surface area (Å²) in [5, 5.41) is 3.01. The SMILES string of the molecule is CCOCCCN=C1Nc2ccc(CC)cc2S(=O)(=O)N1. The largest absolute Gasteiger partial charge is 0.382 e. The normalized spacial score (nSPS) is 17.9. The molecule has 1 aromatic rings. The molecule has 0 atom stereocenters. The lowest BCUT2D eigenvalue weighted by molar-refractivity contribution is 0.146. The fraction of sp³-hybridized carbons (Fsp3) is 0.500. The van der Waals surface area contributed by atoms with Crippen LogP contribution in [0.2, 0.25) is 0 Å². The molecule has 0 fully saturated rings. The van der Waals surface area contributed by atoms with Gasteiger partial charge < -0.3 is 10.1 Å². The Bertz CT molecular complexity index is 626. The van der Waals surface area contributed by atoms with Crippen LogP contribution in [0.25, 0.3) is 0 Å². The highest BCUT2D eigenvalue weighted by Crippen LogP contribution is 2.25. The zero-order valence-electron chi connectivity index (χ0n) is 12.3. The van der Waals surface area contributed by atoms with E-state index in [0.717, 1.165) is 18.4 Å². The summed E-state index contributed by atoms with van der Waals surface area (Å²) in [7, 11) is -3.55. The second-order valence-electron chi connectivity index (χ2n) is 4.70. The van der Waals surface area contributed by atoms with Crippen molar-refractivity contribution in [3.05, 3.63) is 23.8 Å². The van der Waals surface area contributed by atoms with Crippen molar-refractivity contribution in [1.29, 1.82) is 0 Å². The summed E-state index contributed by atoms with van der Waals surface area (Å²) in [6.07, 6.45) is 1.55. The quantitative estimate of drug-likeness (QED) is 0.784. The summed E-state index contributed by atoms with van der Waals surface area (Å²) in [4.78, 5) is 4.50. The Kier molecular flexibility index (Phi) is 5.19. The minimum atomic E-state index is -3.55. The van der Waals surface area contributed by atoms with Crippen LogP contribution in [0.15, 0.2) is 28.1 Å². The van der Waals surface area contributed by atoms with Crippen LogP contribution in [0, 0.1) is 0 Å².